The molecule has 1 rings (SSSR count). The Morgan fingerprint density at radius 1 is 1.21 bits per heavy atom. The molecule has 0 aliphatic carbocycles. The zero-order valence-electron chi connectivity index (χ0n) is 12.4. The molecular formula is C14H27N3O2. The Morgan fingerprint density at radius 2 is 1.79 bits per heavy atom. The number of rotatable bonds is 4. The van der Waals surface area contributed by atoms with Crippen LogP contribution in [0.25, 0.3) is 0 Å². The highest BCUT2D eigenvalue weighted by Crippen LogP contribution is 2.19. The number of carbonyl (C=O) groups excluding carboxylic acids is 2. The molecule has 0 radical (unpaired) electrons. The van der Waals surface area contributed by atoms with Crippen LogP contribution in [0.5, 0.6) is 0 Å². The molecular weight excluding hydrogens is 242 g/mol. The smallest absolute Gasteiger partial charge is 0.241 e. The number of likely N-dealkylation sites (tertiary alicyclic amines) is 1. The maximum absolute atomic E-state index is 11.9. The third-order valence-electron chi connectivity index (χ3n) is 3.66. The molecule has 2 amide bonds. The summed E-state index contributed by atoms with van der Waals surface area (Å²) < 4.78 is 0. The molecule has 1 atom stereocenters. The largest absolute Gasteiger partial charge is 0.347 e. The van der Waals surface area contributed by atoms with Crippen molar-refractivity contribution < 1.29 is 9.59 Å². The van der Waals surface area contributed by atoms with Gasteiger partial charge < -0.3 is 16.0 Å². The Labute approximate surface area is 115 Å². The fourth-order valence-corrected chi connectivity index (χ4v) is 2.01. The molecule has 1 unspecified atom stereocenters. The summed E-state index contributed by atoms with van der Waals surface area (Å²) in [4.78, 5) is 25.4. The number of nitrogens with one attached hydrogen (secondary N) is 1. The van der Waals surface area contributed by atoms with Gasteiger partial charge in [0.15, 0.2) is 0 Å². The number of hydrogen-bond donors (Lipinski definition) is 2. The van der Waals surface area contributed by atoms with Crippen LogP contribution in [0.2, 0.25) is 0 Å². The zero-order chi connectivity index (χ0) is 14.5. The minimum Gasteiger partial charge on any atom is -0.347 e. The lowest BCUT2D eigenvalue weighted by Gasteiger charge is -2.28. The summed E-state index contributed by atoms with van der Waals surface area (Å²) in [5, 5.41) is 2.67. The van der Waals surface area contributed by atoms with Gasteiger partial charge in [-0.05, 0) is 24.7 Å². The number of nitrogens with zero attached hydrogens (tertiary/aromatic N) is 1. The fourth-order valence-electron chi connectivity index (χ4n) is 2.01. The number of piperidine rings is 1. The second-order valence-corrected chi connectivity index (χ2v) is 6.39. The van der Waals surface area contributed by atoms with Crippen molar-refractivity contribution in [1.82, 2.24) is 10.2 Å². The highest BCUT2D eigenvalue weighted by atomic mass is 16.2. The van der Waals surface area contributed by atoms with E-state index in [0.717, 1.165) is 25.9 Å². The third-order valence-corrected chi connectivity index (χ3v) is 3.66. The van der Waals surface area contributed by atoms with Crippen LogP contribution in [0.4, 0.5) is 0 Å². The van der Waals surface area contributed by atoms with Crippen molar-refractivity contribution in [2.75, 3.05) is 19.6 Å². The van der Waals surface area contributed by atoms with E-state index in [1.165, 1.54) is 6.42 Å². The van der Waals surface area contributed by atoms with E-state index >= 15 is 0 Å². The van der Waals surface area contributed by atoms with Crippen molar-refractivity contribution in [3.8, 4) is 0 Å². The van der Waals surface area contributed by atoms with E-state index < -0.39 is 0 Å². The van der Waals surface area contributed by atoms with Crippen molar-refractivity contribution in [3.05, 3.63) is 0 Å². The molecule has 110 valence electrons. The van der Waals surface area contributed by atoms with Gasteiger partial charge in [-0.25, -0.2) is 0 Å². The molecule has 0 spiro atoms. The van der Waals surface area contributed by atoms with Gasteiger partial charge in [-0.2, -0.15) is 0 Å². The van der Waals surface area contributed by atoms with E-state index in [0.29, 0.717) is 0 Å². The summed E-state index contributed by atoms with van der Waals surface area (Å²) in [7, 11) is 0. The maximum atomic E-state index is 11.9. The summed E-state index contributed by atoms with van der Waals surface area (Å²) in [6, 6.07) is -0.197. The van der Waals surface area contributed by atoms with Crippen LogP contribution >= 0.6 is 0 Å². The van der Waals surface area contributed by atoms with Crippen LogP contribution in [-0.4, -0.2) is 42.4 Å². The van der Waals surface area contributed by atoms with Gasteiger partial charge in [-0.3, -0.25) is 9.59 Å². The predicted octanol–water partition coefficient (Wildman–Crippen LogP) is 0.879. The molecule has 1 fully saturated rings. The summed E-state index contributed by atoms with van der Waals surface area (Å²) in [6.45, 7) is 7.74. The first-order valence-corrected chi connectivity index (χ1v) is 7.11. The quantitative estimate of drug-likeness (QED) is 0.795. The Morgan fingerprint density at radius 3 is 2.32 bits per heavy atom. The Bertz CT molecular complexity index is 317. The zero-order valence-corrected chi connectivity index (χ0v) is 12.4. The molecule has 19 heavy (non-hydrogen) atoms. The van der Waals surface area contributed by atoms with Crippen LogP contribution < -0.4 is 11.1 Å². The molecule has 3 N–H and O–H groups in total. The van der Waals surface area contributed by atoms with Gasteiger partial charge in [0.25, 0.3) is 0 Å². The van der Waals surface area contributed by atoms with Crippen molar-refractivity contribution in [2.45, 2.75) is 52.5 Å². The summed E-state index contributed by atoms with van der Waals surface area (Å²) in [5.41, 5.74) is 5.84. The number of amides is 2. The normalized spacial score (nSPS) is 18.0. The van der Waals surface area contributed by atoms with E-state index in [1.807, 2.05) is 25.7 Å². The van der Waals surface area contributed by atoms with Crippen molar-refractivity contribution in [3.63, 3.8) is 0 Å². The molecule has 0 aromatic rings. The third kappa shape index (κ3) is 5.59. The van der Waals surface area contributed by atoms with Gasteiger partial charge in [0, 0.05) is 25.6 Å². The molecule has 5 heteroatoms. The van der Waals surface area contributed by atoms with Gasteiger partial charge in [0.1, 0.15) is 0 Å². The van der Waals surface area contributed by atoms with Crippen LogP contribution in [0.3, 0.4) is 0 Å². The van der Waals surface area contributed by atoms with Gasteiger partial charge in [0.2, 0.25) is 11.8 Å². The van der Waals surface area contributed by atoms with E-state index in [2.05, 4.69) is 5.32 Å². The molecule has 0 bridgehead atoms. The van der Waals surface area contributed by atoms with Crippen molar-refractivity contribution >= 4 is 11.8 Å². The van der Waals surface area contributed by atoms with Crippen LogP contribution in [0, 0.1) is 5.41 Å². The van der Waals surface area contributed by atoms with Crippen molar-refractivity contribution in [1.29, 1.82) is 0 Å². The van der Waals surface area contributed by atoms with Gasteiger partial charge in [-0.15, -0.1) is 0 Å². The summed E-state index contributed by atoms with van der Waals surface area (Å²) in [6.07, 6.45) is 3.58. The monoisotopic (exact) mass is 269 g/mol. The Hall–Kier alpha value is -1.10. The molecule has 1 aliphatic rings. The average molecular weight is 269 g/mol. The number of nitrogens with two attached hydrogens (primary N) is 1. The topological polar surface area (TPSA) is 75.4 Å². The molecule has 0 aromatic heterocycles. The van der Waals surface area contributed by atoms with E-state index in [4.69, 9.17) is 5.73 Å². The second kappa shape index (κ2) is 6.89. The minimum absolute atomic E-state index is 0.0115. The van der Waals surface area contributed by atoms with Crippen LogP contribution in [-0.2, 0) is 9.59 Å². The van der Waals surface area contributed by atoms with E-state index in [-0.39, 0.29) is 36.2 Å². The second-order valence-electron chi connectivity index (χ2n) is 6.39. The average Bonchev–Trinajstić information content (AvgIpc) is 2.35. The van der Waals surface area contributed by atoms with Crippen molar-refractivity contribution in [2.24, 2.45) is 11.1 Å². The summed E-state index contributed by atoms with van der Waals surface area (Å²) >= 11 is 0. The highest BCUT2D eigenvalue weighted by molar-refractivity contribution is 5.85. The summed E-state index contributed by atoms with van der Waals surface area (Å²) in [5.74, 6) is -0.134. The minimum atomic E-state index is -0.197. The van der Waals surface area contributed by atoms with E-state index in [1.54, 1.807) is 0 Å². The SMILES string of the molecule is CC(C)(C)C(N)CC(=O)NCC(=O)N1CCCCC1. The first kappa shape index (κ1) is 16.0. The maximum Gasteiger partial charge on any atom is 0.241 e. The fraction of sp³-hybridized carbons (Fsp3) is 0.857. The molecule has 5 nitrogen and oxygen atoms in total. The van der Waals surface area contributed by atoms with Gasteiger partial charge in [-0.1, -0.05) is 20.8 Å². The Balaban J connectivity index is 2.28. The lowest BCUT2D eigenvalue weighted by Crippen LogP contribution is -2.45. The highest BCUT2D eigenvalue weighted by Gasteiger charge is 2.23. The van der Waals surface area contributed by atoms with Crippen LogP contribution in [0.15, 0.2) is 0 Å². The van der Waals surface area contributed by atoms with Gasteiger partial charge in [0.05, 0.1) is 6.54 Å². The number of carbonyl (C=O) groups is 2. The standard InChI is InChI=1S/C14H27N3O2/c1-14(2,3)11(15)9-12(18)16-10-13(19)17-7-5-4-6-8-17/h11H,4-10,15H2,1-3H3,(H,16,18). The predicted molar refractivity (Wildman–Crippen MR) is 75.5 cm³/mol. The molecule has 1 heterocycles. The Kier molecular flexibility index (Phi) is 5.79. The molecule has 1 aliphatic heterocycles. The van der Waals surface area contributed by atoms with Gasteiger partial charge >= 0.3 is 0 Å². The number of hydrogen-bond acceptors (Lipinski definition) is 3. The first-order valence-electron chi connectivity index (χ1n) is 7.11. The molecule has 0 aromatic carbocycles. The lowest BCUT2D eigenvalue weighted by atomic mass is 9.85. The lowest BCUT2D eigenvalue weighted by molar-refractivity contribution is -0.133. The molecule has 1 saturated heterocycles. The molecule has 0 saturated carbocycles. The first-order chi connectivity index (χ1) is 8.80. The van der Waals surface area contributed by atoms with Crippen LogP contribution in [0.1, 0.15) is 46.5 Å². The van der Waals surface area contributed by atoms with E-state index in [9.17, 15) is 9.59 Å².